The summed E-state index contributed by atoms with van der Waals surface area (Å²) in [5.74, 6) is -0.984. The largest absolute Gasteiger partial charge is 0.455 e. The number of primary amides is 1. The van der Waals surface area contributed by atoms with Crippen LogP contribution >= 0.6 is 0 Å². The van der Waals surface area contributed by atoms with Crippen LogP contribution in [-0.4, -0.2) is 18.0 Å². The van der Waals surface area contributed by atoms with E-state index in [0.717, 1.165) is 0 Å². The van der Waals surface area contributed by atoms with Gasteiger partial charge in [0.05, 0.1) is 5.56 Å². The van der Waals surface area contributed by atoms with Crippen molar-refractivity contribution >= 4 is 11.9 Å². The second-order valence-electron chi connectivity index (χ2n) is 3.29. The Balaban J connectivity index is 2.77. The molecule has 1 rings (SSSR count). The summed E-state index contributed by atoms with van der Waals surface area (Å²) in [6.07, 6.45) is 1.18. The number of carbonyl (C=O) groups excluding carboxylic acids is 2. The third kappa shape index (κ3) is 2.95. The Bertz CT molecular complexity index is 409. The first kappa shape index (κ1) is 12.0. The number of amides is 1. The molecule has 1 aromatic rings. The Labute approximate surface area is 93.7 Å². The number of hydrogen-bond acceptors (Lipinski definition) is 3. The Morgan fingerprint density at radius 1 is 1.31 bits per heavy atom. The van der Waals surface area contributed by atoms with E-state index in [2.05, 4.69) is 6.58 Å². The molecule has 0 aromatic heterocycles. The molecule has 0 saturated carbocycles. The molecule has 2 N–H and O–H groups in total. The number of ether oxygens (including phenoxy) is 1. The average Bonchev–Trinajstić information content (AvgIpc) is 2.28. The fraction of sp³-hybridized carbons (Fsp3) is 0.167. The summed E-state index contributed by atoms with van der Waals surface area (Å²) in [5, 5.41) is 0. The third-order valence-electron chi connectivity index (χ3n) is 2.03. The fourth-order valence-electron chi connectivity index (χ4n) is 1.06. The fourth-order valence-corrected chi connectivity index (χ4v) is 1.06. The van der Waals surface area contributed by atoms with Crippen molar-refractivity contribution in [2.75, 3.05) is 0 Å². The molecule has 0 aliphatic heterocycles. The van der Waals surface area contributed by atoms with Crippen LogP contribution in [0.25, 0.3) is 0 Å². The highest BCUT2D eigenvalue weighted by atomic mass is 16.5. The zero-order valence-electron chi connectivity index (χ0n) is 8.97. The average molecular weight is 219 g/mol. The summed E-state index contributed by atoms with van der Waals surface area (Å²) >= 11 is 0. The van der Waals surface area contributed by atoms with Crippen molar-refractivity contribution in [2.24, 2.45) is 5.73 Å². The summed E-state index contributed by atoms with van der Waals surface area (Å²) in [4.78, 5) is 22.3. The summed E-state index contributed by atoms with van der Waals surface area (Å²) in [7, 11) is 0. The quantitative estimate of drug-likeness (QED) is 0.616. The number of esters is 1. The van der Waals surface area contributed by atoms with E-state index in [-0.39, 0.29) is 6.10 Å². The second-order valence-corrected chi connectivity index (χ2v) is 3.29. The van der Waals surface area contributed by atoms with Crippen LogP contribution in [-0.2, 0) is 4.74 Å². The molecule has 0 radical (unpaired) electrons. The standard InChI is InChI=1S/C12H13NO3/c1-3-8(2)16-12(15)10-6-4-9(5-7-10)11(13)14/h3-8H,1H2,2H3,(H2,13,14)/t8-/m0/s1. The summed E-state index contributed by atoms with van der Waals surface area (Å²) in [5.41, 5.74) is 5.80. The highest BCUT2D eigenvalue weighted by molar-refractivity contribution is 5.95. The van der Waals surface area contributed by atoms with Gasteiger partial charge in [0, 0.05) is 5.56 Å². The molecule has 1 amide bonds. The van der Waals surface area contributed by atoms with Gasteiger partial charge in [0.25, 0.3) is 0 Å². The van der Waals surface area contributed by atoms with Gasteiger partial charge in [-0.3, -0.25) is 4.79 Å². The minimum atomic E-state index is -0.528. The van der Waals surface area contributed by atoms with Gasteiger partial charge in [-0.2, -0.15) is 0 Å². The van der Waals surface area contributed by atoms with Crippen LogP contribution in [0.2, 0.25) is 0 Å². The highest BCUT2D eigenvalue weighted by Crippen LogP contribution is 2.07. The van der Waals surface area contributed by atoms with Gasteiger partial charge in [-0.1, -0.05) is 12.7 Å². The molecule has 0 saturated heterocycles. The smallest absolute Gasteiger partial charge is 0.338 e. The maximum atomic E-state index is 11.5. The SMILES string of the molecule is C=C[C@H](C)OC(=O)c1ccc(C(N)=O)cc1. The van der Waals surface area contributed by atoms with E-state index in [1.807, 2.05) is 0 Å². The molecule has 0 bridgehead atoms. The molecular weight excluding hydrogens is 206 g/mol. The molecular formula is C12H13NO3. The number of nitrogens with two attached hydrogens (primary N) is 1. The van der Waals surface area contributed by atoms with Gasteiger partial charge in [0.1, 0.15) is 6.10 Å². The van der Waals surface area contributed by atoms with E-state index in [1.54, 1.807) is 6.92 Å². The monoisotopic (exact) mass is 219 g/mol. The maximum Gasteiger partial charge on any atom is 0.338 e. The topological polar surface area (TPSA) is 69.4 Å². The molecule has 0 unspecified atom stereocenters. The first-order valence-electron chi connectivity index (χ1n) is 4.78. The zero-order chi connectivity index (χ0) is 12.1. The summed E-state index contributed by atoms with van der Waals surface area (Å²) in [6.45, 7) is 5.22. The minimum absolute atomic E-state index is 0.344. The van der Waals surface area contributed by atoms with E-state index >= 15 is 0 Å². The molecule has 0 aliphatic rings. The van der Waals surface area contributed by atoms with Gasteiger partial charge in [-0.25, -0.2) is 4.79 Å². The molecule has 16 heavy (non-hydrogen) atoms. The van der Waals surface area contributed by atoms with Crippen LogP contribution in [0, 0.1) is 0 Å². The van der Waals surface area contributed by atoms with Crippen molar-refractivity contribution in [3.63, 3.8) is 0 Å². The van der Waals surface area contributed by atoms with Crippen molar-refractivity contribution in [1.29, 1.82) is 0 Å². The lowest BCUT2D eigenvalue weighted by Gasteiger charge is -2.08. The predicted octanol–water partition coefficient (Wildman–Crippen LogP) is 1.52. The lowest BCUT2D eigenvalue weighted by molar-refractivity contribution is 0.0425. The maximum absolute atomic E-state index is 11.5. The second kappa shape index (κ2) is 5.11. The molecule has 0 heterocycles. The van der Waals surface area contributed by atoms with Crippen molar-refractivity contribution in [1.82, 2.24) is 0 Å². The lowest BCUT2D eigenvalue weighted by Crippen LogP contribution is -2.14. The molecule has 0 fully saturated rings. The molecule has 4 heteroatoms. The number of hydrogen-bond donors (Lipinski definition) is 1. The van der Waals surface area contributed by atoms with E-state index < -0.39 is 11.9 Å². The van der Waals surface area contributed by atoms with Crippen LogP contribution in [0.1, 0.15) is 27.6 Å². The van der Waals surface area contributed by atoms with Gasteiger partial charge in [-0.05, 0) is 31.2 Å². The van der Waals surface area contributed by atoms with Crippen molar-refractivity contribution < 1.29 is 14.3 Å². The lowest BCUT2D eigenvalue weighted by atomic mass is 10.1. The van der Waals surface area contributed by atoms with Crippen molar-refractivity contribution in [3.8, 4) is 0 Å². The number of rotatable bonds is 4. The van der Waals surface area contributed by atoms with Crippen molar-refractivity contribution in [2.45, 2.75) is 13.0 Å². The Morgan fingerprint density at radius 2 is 1.81 bits per heavy atom. The molecule has 4 nitrogen and oxygen atoms in total. The number of carbonyl (C=O) groups is 2. The summed E-state index contributed by atoms with van der Waals surface area (Å²) in [6, 6.07) is 5.96. The minimum Gasteiger partial charge on any atom is -0.455 e. The Morgan fingerprint density at radius 3 is 2.25 bits per heavy atom. The zero-order valence-corrected chi connectivity index (χ0v) is 8.97. The first-order chi connectivity index (χ1) is 7.54. The molecule has 84 valence electrons. The van der Waals surface area contributed by atoms with Crippen LogP contribution in [0.15, 0.2) is 36.9 Å². The van der Waals surface area contributed by atoms with Gasteiger partial charge in [0.2, 0.25) is 5.91 Å². The van der Waals surface area contributed by atoms with Crippen LogP contribution in [0.4, 0.5) is 0 Å². The van der Waals surface area contributed by atoms with E-state index in [0.29, 0.717) is 11.1 Å². The van der Waals surface area contributed by atoms with E-state index in [1.165, 1.54) is 30.3 Å². The van der Waals surface area contributed by atoms with Gasteiger partial charge in [0.15, 0.2) is 0 Å². The molecule has 1 atom stereocenters. The normalized spacial score (nSPS) is 11.6. The van der Waals surface area contributed by atoms with Crippen LogP contribution in [0.3, 0.4) is 0 Å². The van der Waals surface area contributed by atoms with Crippen LogP contribution in [0.5, 0.6) is 0 Å². The predicted molar refractivity (Wildman–Crippen MR) is 60.0 cm³/mol. The molecule has 0 spiro atoms. The Hall–Kier alpha value is -2.10. The van der Waals surface area contributed by atoms with Gasteiger partial charge < -0.3 is 10.5 Å². The van der Waals surface area contributed by atoms with Gasteiger partial charge in [-0.15, -0.1) is 0 Å². The first-order valence-corrected chi connectivity index (χ1v) is 4.78. The number of benzene rings is 1. The van der Waals surface area contributed by atoms with Crippen molar-refractivity contribution in [3.05, 3.63) is 48.0 Å². The highest BCUT2D eigenvalue weighted by Gasteiger charge is 2.10. The summed E-state index contributed by atoms with van der Waals surface area (Å²) < 4.78 is 5.01. The molecule has 0 aliphatic carbocycles. The third-order valence-corrected chi connectivity index (χ3v) is 2.03. The Kier molecular flexibility index (Phi) is 3.83. The van der Waals surface area contributed by atoms with E-state index in [4.69, 9.17) is 10.5 Å². The molecule has 1 aromatic carbocycles. The van der Waals surface area contributed by atoms with E-state index in [9.17, 15) is 9.59 Å². The van der Waals surface area contributed by atoms with Gasteiger partial charge >= 0.3 is 5.97 Å². The van der Waals surface area contributed by atoms with Crippen LogP contribution < -0.4 is 5.73 Å².